The summed E-state index contributed by atoms with van der Waals surface area (Å²) in [6, 6.07) is 4.58. The molecule has 0 aliphatic carbocycles. The van der Waals surface area contributed by atoms with Crippen molar-refractivity contribution < 1.29 is 9.50 Å². The third-order valence-electron chi connectivity index (χ3n) is 3.00. The predicted octanol–water partition coefficient (Wildman–Crippen LogP) is 3.99. The fourth-order valence-corrected chi connectivity index (χ4v) is 2.13. The van der Waals surface area contributed by atoms with Crippen molar-refractivity contribution in [3.8, 4) is 0 Å². The predicted molar refractivity (Wildman–Crippen MR) is 64.8 cm³/mol. The molecule has 90 valence electrons. The SMILES string of the molecule is CCCC(C)CC(O)c1ccc(F)cc1C. The third-order valence-corrected chi connectivity index (χ3v) is 3.00. The van der Waals surface area contributed by atoms with Gasteiger partial charge in [-0.15, -0.1) is 0 Å². The molecule has 1 aromatic rings. The van der Waals surface area contributed by atoms with Gasteiger partial charge in [-0.05, 0) is 42.5 Å². The summed E-state index contributed by atoms with van der Waals surface area (Å²) in [5, 5.41) is 10.1. The van der Waals surface area contributed by atoms with E-state index in [1.54, 1.807) is 6.07 Å². The molecule has 1 N–H and O–H groups in total. The highest BCUT2D eigenvalue weighted by molar-refractivity contribution is 5.28. The molecule has 2 atom stereocenters. The first-order valence-corrected chi connectivity index (χ1v) is 5.98. The fraction of sp³-hybridized carbons (Fsp3) is 0.571. The Morgan fingerprint density at radius 3 is 2.62 bits per heavy atom. The summed E-state index contributed by atoms with van der Waals surface area (Å²) in [5.41, 5.74) is 1.68. The van der Waals surface area contributed by atoms with Crippen LogP contribution in [-0.4, -0.2) is 5.11 Å². The van der Waals surface area contributed by atoms with Crippen molar-refractivity contribution in [1.29, 1.82) is 0 Å². The standard InChI is InChI=1S/C14H21FO/c1-4-5-10(2)8-14(16)13-7-6-12(15)9-11(13)3/h6-7,9-10,14,16H,4-5,8H2,1-3H3. The maximum atomic E-state index is 12.9. The average Bonchev–Trinajstić information content (AvgIpc) is 2.17. The van der Waals surface area contributed by atoms with Crippen LogP contribution in [0.2, 0.25) is 0 Å². The Balaban J connectivity index is 2.69. The second-order valence-corrected chi connectivity index (χ2v) is 4.65. The molecule has 2 unspecified atom stereocenters. The van der Waals surface area contributed by atoms with E-state index in [1.165, 1.54) is 12.1 Å². The molecule has 1 aromatic carbocycles. The number of hydrogen-bond donors (Lipinski definition) is 1. The smallest absolute Gasteiger partial charge is 0.123 e. The van der Waals surface area contributed by atoms with Crippen LogP contribution in [-0.2, 0) is 0 Å². The van der Waals surface area contributed by atoms with Crippen molar-refractivity contribution in [3.05, 3.63) is 35.1 Å². The summed E-state index contributed by atoms with van der Waals surface area (Å²) < 4.78 is 12.9. The Kier molecular flexibility index (Phi) is 4.94. The van der Waals surface area contributed by atoms with Crippen LogP contribution in [0.5, 0.6) is 0 Å². The zero-order valence-electron chi connectivity index (χ0n) is 10.3. The summed E-state index contributed by atoms with van der Waals surface area (Å²) in [6.45, 7) is 6.13. The van der Waals surface area contributed by atoms with Crippen LogP contribution < -0.4 is 0 Å². The molecule has 0 aliphatic heterocycles. The molecule has 0 saturated heterocycles. The lowest BCUT2D eigenvalue weighted by Gasteiger charge is -2.17. The number of hydrogen-bond acceptors (Lipinski definition) is 1. The van der Waals surface area contributed by atoms with Gasteiger partial charge in [0.25, 0.3) is 0 Å². The van der Waals surface area contributed by atoms with Crippen molar-refractivity contribution >= 4 is 0 Å². The van der Waals surface area contributed by atoms with Crippen LogP contribution in [0.3, 0.4) is 0 Å². The molecule has 0 amide bonds. The number of benzene rings is 1. The van der Waals surface area contributed by atoms with E-state index in [1.807, 2.05) is 6.92 Å². The Hall–Kier alpha value is -0.890. The van der Waals surface area contributed by atoms with Crippen LogP contribution in [0.15, 0.2) is 18.2 Å². The zero-order valence-corrected chi connectivity index (χ0v) is 10.3. The lowest BCUT2D eigenvalue weighted by Crippen LogP contribution is -2.06. The average molecular weight is 224 g/mol. The second kappa shape index (κ2) is 6.00. The van der Waals surface area contributed by atoms with E-state index in [4.69, 9.17) is 0 Å². The van der Waals surface area contributed by atoms with Gasteiger partial charge in [0.2, 0.25) is 0 Å². The Morgan fingerprint density at radius 1 is 1.38 bits per heavy atom. The molecule has 0 aromatic heterocycles. The third kappa shape index (κ3) is 3.60. The summed E-state index contributed by atoms with van der Waals surface area (Å²) in [4.78, 5) is 0. The van der Waals surface area contributed by atoms with E-state index in [0.717, 1.165) is 30.4 Å². The van der Waals surface area contributed by atoms with Crippen molar-refractivity contribution in [2.24, 2.45) is 5.92 Å². The second-order valence-electron chi connectivity index (χ2n) is 4.65. The molecule has 1 rings (SSSR count). The van der Waals surface area contributed by atoms with Gasteiger partial charge in [-0.25, -0.2) is 4.39 Å². The summed E-state index contributed by atoms with van der Waals surface area (Å²) in [5.74, 6) is 0.263. The van der Waals surface area contributed by atoms with Gasteiger partial charge in [0.15, 0.2) is 0 Å². The number of halogens is 1. The lowest BCUT2D eigenvalue weighted by molar-refractivity contribution is 0.144. The van der Waals surface area contributed by atoms with Crippen molar-refractivity contribution in [2.45, 2.75) is 46.1 Å². The van der Waals surface area contributed by atoms with Gasteiger partial charge in [0.1, 0.15) is 5.82 Å². The minimum absolute atomic E-state index is 0.241. The van der Waals surface area contributed by atoms with E-state index in [-0.39, 0.29) is 5.82 Å². The minimum Gasteiger partial charge on any atom is -0.388 e. The molecular weight excluding hydrogens is 203 g/mol. The minimum atomic E-state index is -0.470. The molecule has 0 heterocycles. The maximum absolute atomic E-state index is 12.9. The summed E-state index contributed by atoms with van der Waals surface area (Å²) in [6.07, 6.45) is 2.54. The van der Waals surface area contributed by atoms with Crippen LogP contribution >= 0.6 is 0 Å². The lowest BCUT2D eigenvalue weighted by atomic mass is 9.93. The van der Waals surface area contributed by atoms with Crippen molar-refractivity contribution in [1.82, 2.24) is 0 Å². The molecule has 0 fully saturated rings. The molecule has 1 nitrogen and oxygen atoms in total. The Morgan fingerprint density at radius 2 is 2.06 bits per heavy atom. The quantitative estimate of drug-likeness (QED) is 0.801. The topological polar surface area (TPSA) is 20.2 Å². The molecule has 0 bridgehead atoms. The number of aliphatic hydroxyl groups excluding tert-OH is 1. The molecule has 0 radical (unpaired) electrons. The Labute approximate surface area is 97.3 Å². The van der Waals surface area contributed by atoms with E-state index in [9.17, 15) is 9.50 Å². The van der Waals surface area contributed by atoms with E-state index in [2.05, 4.69) is 13.8 Å². The highest BCUT2D eigenvalue weighted by Crippen LogP contribution is 2.26. The molecule has 0 saturated carbocycles. The first-order chi connectivity index (χ1) is 7.54. The normalized spacial score (nSPS) is 14.8. The first-order valence-electron chi connectivity index (χ1n) is 5.98. The Bertz CT molecular complexity index is 336. The maximum Gasteiger partial charge on any atom is 0.123 e. The van der Waals surface area contributed by atoms with Gasteiger partial charge in [-0.3, -0.25) is 0 Å². The number of rotatable bonds is 5. The largest absolute Gasteiger partial charge is 0.388 e. The van der Waals surface area contributed by atoms with Crippen LogP contribution in [0.1, 0.15) is 50.3 Å². The van der Waals surface area contributed by atoms with E-state index < -0.39 is 6.10 Å². The molecule has 0 aliphatic rings. The monoisotopic (exact) mass is 224 g/mol. The molecule has 0 spiro atoms. The van der Waals surface area contributed by atoms with E-state index in [0.29, 0.717) is 5.92 Å². The van der Waals surface area contributed by atoms with Crippen LogP contribution in [0.4, 0.5) is 4.39 Å². The van der Waals surface area contributed by atoms with E-state index >= 15 is 0 Å². The van der Waals surface area contributed by atoms with Gasteiger partial charge in [0.05, 0.1) is 6.10 Å². The van der Waals surface area contributed by atoms with Gasteiger partial charge >= 0.3 is 0 Å². The van der Waals surface area contributed by atoms with Crippen LogP contribution in [0, 0.1) is 18.7 Å². The van der Waals surface area contributed by atoms with Crippen molar-refractivity contribution in [3.63, 3.8) is 0 Å². The fourth-order valence-electron chi connectivity index (χ4n) is 2.13. The summed E-state index contributed by atoms with van der Waals surface area (Å²) >= 11 is 0. The molecular formula is C14H21FO. The zero-order chi connectivity index (χ0) is 12.1. The highest BCUT2D eigenvalue weighted by Gasteiger charge is 2.14. The van der Waals surface area contributed by atoms with Gasteiger partial charge in [-0.1, -0.05) is 32.8 Å². The number of aryl methyl sites for hydroxylation is 1. The first kappa shape index (κ1) is 13.2. The summed E-state index contributed by atoms with van der Waals surface area (Å²) in [7, 11) is 0. The molecule has 2 heteroatoms. The number of aliphatic hydroxyl groups is 1. The van der Waals surface area contributed by atoms with Gasteiger partial charge in [0, 0.05) is 0 Å². The van der Waals surface area contributed by atoms with Gasteiger partial charge < -0.3 is 5.11 Å². The highest BCUT2D eigenvalue weighted by atomic mass is 19.1. The van der Waals surface area contributed by atoms with Crippen molar-refractivity contribution in [2.75, 3.05) is 0 Å². The van der Waals surface area contributed by atoms with Gasteiger partial charge in [-0.2, -0.15) is 0 Å². The van der Waals surface area contributed by atoms with Crippen LogP contribution in [0.25, 0.3) is 0 Å². The molecule has 16 heavy (non-hydrogen) atoms.